The highest BCUT2D eigenvalue weighted by Crippen LogP contribution is 2.34. The molecule has 3 fully saturated rings. The summed E-state index contributed by atoms with van der Waals surface area (Å²) in [6.45, 7) is 2.43. The third-order valence-corrected chi connectivity index (χ3v) is 8.65. The van der Waals surface area contributed by atoms with Gasteiger partial charge in [-0.05, 0) is 61.9 Å². The van der Waals surface area contributed by atoms with Crippen LogP contribution in [0.3, 0.4) is 0 Å². The summed E-state index contributed by atoms with van der Waals surface area (Å²) in [5.41, 5.74) is 2.28. The van der Waals surface area contributed by atoms with Crippen LogP contribution in [-0.2, 0) is 11.2 Å². The summed E-state index contributed by atoms with van der Waals surface area (Å²) >= 11 is 0. The van der Waals surface area contributed by atoms with Crippen LogP contribution in [0.5, 0.6) is 0 Å². The van der Waals surface area contributed by atoms with E-state index in [4.69, 9.17) is 5.10 Å². The lowest BCUT2D eigenvalue weighted by Crippen LogP contribution is -2.48. The van der Waals surface area contributed by atoms with E-state index in [1.807, 2.05) is 47.5 Å². The Morgan fingerprint density at radius 2 is 1.76 bits per heavy atom. The van der Waals surface area contributed by atoms with E-state index in [1.54, 1.807) is 4.68 Å². The molecule has 0 radical (unpaired) electrons. The molecular weight excluding hydrogens is 522 g/mol. The molecule has 212 valence electrons. The quantitative estimate of drug-likeness (QED) is 0.328. The Bertz CT molecular complexity index is 1630. The second-order valence-electron chi connectivity index (χ2n) is 11.6. The number of likely N-dealkylation sites (tertiary alicyclic amines) is 1. The van der Waals surface area contributed by atoms with Crippen LogP contribution in [0, 0.1) is 5.92 Å². The van der Waals surface area contributed by atoms with Crippen molar-refractivity contribution in [1.82, 2.24) is 29.6 Å². The van der Waals surface area contributed by atoms with Crippen LogP contribution in [0.4, 0.5) is 5.82 Å². The van der Waals surface area contributed by atoms with Gasteiger partial charge in [0, 0.05) is 50.3 Å². The van der Waals surface area contributed by atoms with Gasteiger partial charge in [0.25, 0.3) is 5.56 Å². The van der Waals surface area contributed by atoms with Crippen molar-refractivity contribution in [2.45, 2.75) is 50.2 Å². The molecule has 4 aromatic rings. The first-order valence-electron chi connectivity index (χ1n) is 14.3. The molecule has 1 saturated carbocycles. The van der Waals surface area contributed by atoms with Crippen molar-refractivity contribution in [3.8, 4) is 16.8 Å². The van der Waals surface area contributed by atoms with Gasteiger partial charge in [0.1, 0.15) is 11.2 Å². The number of pyridine rings is 1. The van der Waals surface area contributed by atoms with Gasteiger partial charge in [0.05, 0.1) is 29.4 Å². The zero-order valence-electron chi connectivity index (χ0n) is 22.7. The number of fused-ring (bicyclic) bond motifs is 1. The van der Waals surface area contributed by atoms with E-state index >= 15 is 0 Å². The van der Waals surface area contributed by atoms with Gasteiger partial charge < -0.3 is 25.0 Å². The molecular formula is C30H33N7O4. The number of carbonyl (C=O) groups excluding carboxylic acids is 1. The predicted octanol–water partition coefficient (Wildman–Crippen LogP) is 2.05. The molecule has 0 spiro atoms. The Labute approximate surface area is 236 Å². The number of β-amino-alcohol motifs (C(OH)–C–C–N with tert-alkyl or cyclic N) is 1. The molecule has 1 amide bonds. The Balaban J connectivity index is 1.12. The third-order valence-electron chi connectivity index (χ3n) is 8.65. The maximum atomic E-state index is 12.9. The number of benzene rings is 1. The minimum absolute atomic E-state index is 0.164. The molecule has 1 aliphatic carbocycles. The average Bonchev–Trinajstić information content (AvgIpc) is 3.65. The van der Waals surface area contributed by atoms with Crippen LogP contribution in [-0.4, -0.2) is 83.6 Å². The first kappa shape index (κ1) is 25.8. The molecule has 11 heteroatoms. The van der Waals surface area contributed by atoms with Crippen LogP contribution >= 0.6 is 0 Å². The van der Waals surface area contributed by atoms with E-state index in [-0.39, 0.29) is 29.9 Å². The fraction of sp³-hybridized carbons (Fsp3) is 0.433. The first-order valence-corrected chi connectivity index (χ1v) is 14.3. The molecule has 5 heterocycles. The maximum absolute atomic E-state index is 12.9. The van der Waals surface area contributed by atoms with Crippen molar-refractivity contribution >= 4 is 22.8 Å². The SMILES string of the molecule is O=C(C1CC1)N1CCC(O)(Cc2nn(-c3ccc(-c4ccc(N5CCC(O)C5)nc4)cc3)c3nc[nH]c(=O)c23)CC1. The van der Waals surface area contributed by atoms with Crippen molar-refractivity contribution in [3.63, 3.8) is 0 Å². The summed E-state index contributed by atoms with van der Waals surface area (Å²) in [6.07, 6.45) is 6.68. The highest BCUT2D eigenvalue weighted by molar-refractivity contribution is 5.81. The Morgan fingerprint density at radius 3 is 2.41 bits per heavy atom. The van der Waals surface area contributed by atoms with Crippen LogP contribution in [0.1, 0.15) is 37.8 Å². The smallest absolute Gasteiger partial charge is 0.262 e. The van der Waals surface area contributed by atoms with E-state index < -0.39 is 5.60 Å². The number of aromatic nitrogens is 5. The number of hydrogen-bond donors (Lipinski definition) is 3. The number of hydrogen-bond acceptors (Lipinski definition) is 8. The van der Waals surface area contributed by atoms with E-state index in [0.29, 0.717) is 49.2 Å². The van der Waals surface area contributed by atoms with E-state index in [1.165, 1.54) is 6.33 Å². The lowest BCUT2D eigenvalue weighted by molar-refractivity contribution is -0.136. The highest BCUT2D eigenvalue weighted by atomic mass is 16.3. The van der Waals surface area contributed by atoms with Gasteiger partial charge in [0.2, 0.25) is 5.91 Å². The minimum atomic E-state index is -1.05. The van der Waals surface area contributed by atoms with Crippen LogP contribution in [0.25, 0.3) is 27.8 Å². The van der Waals surface area contributed by atoms with Crippen molar-refractivity contribution in [2.24, 2.45) is 5.92 Å². The summed E-state index contributed by atoms with van der Waals surface area (Å²) in [5.74, 6) is 1.22. The summed E-state index contributed by atoms with van der Waals surface area (Å²) in [5, 5.41) is 26.4. The molecule has 11 nitrogen and oxygen atoms in total. The van der Waals surface area contributed by atoms with Gasteiger partial charge >= 0.3 is 0 Å². The second-order valence-corrected chi connectivity index (χ2v) is 11.6. The van der Waals surface area contributed by atoms with Crippen molar-refractivity contribution in [1.29, 1.82) is 0 Å². The topological polar surface area (TPSA) is 140 Å². The summed E-state index contributed by atoms with van der Waals surface area (Å²) in [4.78, 5) is 41.0. The van der Waals surface area contributed by atoms with E-state index in [9.17, 15) is 19.8 Å². The van der Waals surface area contributed by atoms with Gasteiger partial charge in [-0.1, -0.05) is 12.1 Å². The lowest BCUT2D eigenvalue weighted by atomic mass is 9.86. The number of nitrogens with one attached hydrogen (secondary N) is 1. The molecule has 2 aliphatic heterocycles. The molecule has 1 aromatic carbocycles. The zero-order chi connectivity index (χ0) is 28.1. The molecule has 1 atom stereocenters. The van der Waals surface area contributed by atoms with Gasteiger partial charge in [-0.2, -0.15) is 5.10 Å². The minimum Gasteiger partial charge on any atom is -0.391 e. The number of nitrogens with zero attached hydrogens (tertiary/aromatic N) is 6. The molecule has 1 unspecified atom stereocenters. The number of amides is 1. The Hall–Kier alpha value is -4.09. The molecule has 7 rings (SSSR count). The van der Waals surface area contributed by atoms with Crippen molar-refractivity contribution in [3.05, 3.63) is 65.0 Å². The number of aliphatic hydroxyl groups is 2. The number of piperidine rings is 1. The monoisotopic (exact) mass is 555 g/mol. The van der Waals surface area contributed by atoms with Crippen molar-refractivity contribution < 1.29 is 15.0 Å². The van der Waals surface area contributed by atoms with E-state index in [0.717, 1.165) is 48.4 Å². The molecule has 2 saturated heterocycles. The largest absolute Gasteiger partial charge is 0.391 e. The van der Waals surface area contributed by atoms with Crippen LogP contribution in [0.2, 0.25) is 0 Å². The van der Waals surface area contributed by atoms with Crippen LogP contribution < -0.4 is 10.5 Å². The number of aromatic amines is 1. The number of anilines is 1. The lowest BCUT2D eigenvalue weighted by Gasteiger charge is -2.38. The highest BCUT2D eigenvalue weighted by Gasteiger charge is 2.39. The van der Waals surface area contributed by atoms with Gasteiger partial charge in [-0.3, -0.25) is 9.59 Å². The normalized spacial score (nSPS) is 20.6. The van der Waals surface area contributed by atoms with Gasteiger partial charge in [0.15, 0.2) is 5.65 Å². The summed E-state index contributed by atoms with van der Waals surface area (Å²) < 4.78 is 1.65. The zero-order valence-corrected chi connectivity index (χ0v) is 22.7. The van der Waals surface area contributed by atoms with Crippen LogP contribution in [0.15, 0.2) is 53.7 Å². The summed E-state index contributed by atoms with van der Waals surface area (Å²) in [7, 11) is 0. The number of H-pyrrole nitrogens is 1. The molecule has 3 N–H and O–H groups in total. The molecule has 3 aromatic heterocycles. The number of carbonyl (C=O) groups is 1. The van der Waals surface area contributed by atoms with Gasteiger partial charge in [-0.15, -0.1) is 0 Å². The number of aliphatic hydroxyl groups excluding tert-OH is 1. The Morgan fingerprint density at radius 1 is 1.00 bits per heavy atom. The van der Waals surface area contributed by atoms with Gasteiger partial charge in [-0.25, -0.2) is 14.6 Å². The fourth-order valence-electron chi connectivity index (χ4n) is 6.04. The number of rotatable bonds is 6. The molecule has 41 heavy (non-hydrogen) atoms. The first-order chi connectivity index (χ1) is 19.9. The molecule has 0 bridgehead atoms. The van der Waals surface area contributed by atoms with E-state index in [2.05, 4.69) is 19.9 Å². The predicted molar refractivity (Wildman–Crippen MR) is 153 cm³/mol. The summed E-state index contributed by atoms with van der Waals surface area (Å²) in [6, 6.07) is 11.8. The molecule has 3 aliphatic rings. The Kier molecular flexibility index (Phi) is 6.35. The fourth-order valence-corrected chi connectivity index (χ4v) is 6.04. The maximum Gasteiger partial charge on any atom is 0.262 e. The standard InChI is InChI=1S/C30H33N7O4/c38-23-9-12-36(17-23)25-8-5-21(16-31-25)19-3-6-22(7-4-19)37-27-26(28(39)33-18-32-27)24(34-37)15-30(41)10-13-35(14-11-30)29(40)20-1-2-20/h3-8,16,18,20,23,38,41H,1-2,9-15,17H2,(H,32,33,39). The third kappa shape index (κ3) is 5.00. The second kappa shape index (κ2) is 10.1. The average molecular weight is 556 g/mol. The van der Waals surface area contributed by atoms with Crippen molar-refractivity contribution in [2.75, 3.05) is 31.1 Å².